The average molecular weight is 279 g/mol. The minimum Gasteiger partial charge on any atom is -0.465 e. The Morgan fingerprint density at radius 2 is 2.00 bits per heavy atom. The number of carbonyl (C=O) groups excluding carboxylic acids is 1. The fourth-order valence-electron chi connectivity index (χ4n) is 1.21. The van der Waals surface area contributed by atoms with Gasteiger partial charge in [-0.05, 0) is 13.8 Å². The zero-order valence-electron chi connectivity index (χ0n) is 10.9. The molecule has 0 fully saturated rings. The third-order valence-electron chi connectivity index (χ3n) is 2.03. The number of carbonyl (C=O) groups is 1. The first kappa shape index (κ1) is 17.1. The van der Waals surface area contributed by atoms with Crippen molar-refractivity contribution in [2.45, 2.75) is 13.8 Å². The van der Waals surface area contributed by atoms with E-state index in [4.69, 9.17) is 9.47 Å². The monoisotopic (exact) mass is 279 g/mol. The van der Waals surface area contributed by atoms with Crippen molar-refractivity contribution in [3.8, 4) is 0 Å². The maximum absolute atomic E-state index is 11.9. The summed E-state index contributed by atoms with van der Waals surface area (Å²) in [5.41, 5.74) is 0. The molecular formula is C11H21NO5S. The van der Waals surface area contributed by atoms with Crippen molar-refractivity contribution in [3.63, 3.8) is 0 Å². The smallest absolute Gasteiger partial charge is 0.321 e. The van der Waals surface area contributed by atoms with Gasteiger partial charge in [0.05, 0.1) is 19.0 Å². The van der Waals surface area contributed by atoms with E-state index in [2.05, 4.69) is 6.58 Å². The Labute approximate surface area is 109 Å². The van der Waals surface area contributed by atoms with E-state index in [0.717, 1.165) is 4.31 Å². The van der Waals surface area contributed by atoms with Gasteiger partial charge in [0.2, 0.25) is 10.0 Å². The summed E-state index contributed by atoms with van der Waals surface area (Å²) in [6.45, 7) is 7.49. The Morgan fingerprint density at radius 1 is 1.33 bits per heavy atom. The SMILES string of the molecule is C=CCN(CC(=O)OCC)S(=O)(=O)CCOCC. The number of rotatable bonds is 10. The van der Waals surface area contributed by atoms with Crippen LogP contribution in [0.1, 0.15) is 13.8 Å². The maximum atomic E-state index is 11.9. The number of sulfonamides is 1. The predicted molar refractivity (Wildman–Crippen MR) is 68.7 cm³/mol. The zero-order chi connectivity index (χ0) is 14.0. The number of hydrogen-bond donors (Lipinski definition) is 0. The Kier molecular flexibility index (Phi) is 8.61. The molecule has 6 nitrogen and oxygen atoms in total. The maximum Gasteiger partial charge on any atom is 0.321 e. The molecule has 0 aromatic heterocycles. The van der Waals surface area contributed by atoms with Crippen LogP contribution in [0.25, 0.3) is 0 Å². The summed E-state index contributed by atoms with van der Waals surface area (Å²) < 4.78 is 34.6. The highest BCUT2D eigenvalue weighted by Crippen LogP contribution is 2.03. The van der Waals surface area contributed by atoms with Crippen LogP contribution in [0.5, 0.6) is 0 Å². The fourth-order valence-corrected chi connectivity index (χ4v) is 2.43. The second kappa shape index (κ2) is 9.07. The first-order valence-corrected chi connectivity index (χ1v) is 7.40. The molecule has 0 aromatic rings. The number of hydrogen-bond acceptors (Lipinski definition) is 5. The summed E-state index contributed by atoms with van der Waals surface area (Å²) in [5.74, 6) is -0.729. The number of esters is 1. The summed E-state index contributed by atoms with van der Waals surface area (Å²) in [4.78, 5) is 11.3. The van der Waals surface area contributed by atoms with Crippen molar-refractivity contribution in [3.05, 3.63) is 12.7 Å². The third kappa shape index (κ3) is 6.73. The lowest BCUT2D eigenvalue weighted by Gasteiger charge is -2.19. The molecule has 0 bridgehead atoms. The molecule has 0 aliphatic rings. The van der Waals surface area contributed by atoms with Gasteiger partial charge in [0.1, 0.15) is 6.54 Å². The molecule has 0 N–H and O–H groups in total. The Morgan fingerprint density at radius 3 is 2.50 bits per heavy atom. The topological polar surface area (TPSA) is 72.9 Å². The summed E-state index contributed by atoms with van der Waals surface area (Å²) in [6.07, 6.45) is 1.43. The van der Waals surface area contributed by atoms with Gasteiger partial charge in [-0.25, -0.2) is 8.42 Å². The molecule has 0 amide bonds. The van der Waals surface area contributed by atoms with Gasteiger partial charge in [-0.15, -0.1) is 6.58 Å². The van der Waals surface area contributed by atoms with Crippen molar-refractivity contribution >= 4 is 16.0 Å². The lowest BCUT2D eigenvalue weighted by Crippen LogP contribution is -2.39. The van der Waals surface area contributed by atoms with Crippen LogP contribution >= 0.6 is 0 Å². The highest BCUT2D eigenvalue weighted by atomic mass is 32.2. The highest BCUT2D eigenvalue weighted by Gasteiger charge is 2.23. The standard InChI is InChI=1S/C11H21NO5S/c1-4-7-12(10-11(13)17-6-3)18(14,15)9-8-16-5-2/h4H,1,5-10H2,2-3H3. The van der Waals surface area contributed by atoms with Crippen molar-refractivity contribution in [1.82, 2.24) is 4.31 Å². The van der Waals surface area contributed by atoms with Crippen molar-refractivity contribution in [1.29, 1.82) is 0 Å². The van der Waals surface area contributed by atoms with Crippen LogP contribution in [0.2, 0.25) is 0 Å². The lowest BCUT2D eigenvalue weighted by molar-refractivity contribution is -0.143. The molecule has 0 saturated heterocycles. The van der Waals surface area contributed by atoms with Gasteiger partial charge in [0.25, 0.3) is 0 Å². The molecule has 0 atom stereocenters. The molecule has 0 spiro atoms. The van der Waals surface area contributed by atoms with Crippen LogP contribution in [-0.4, -0.2) is 57.4 Å². The molecule has 0 unspecified atom stereocenters. The first-order chi connectivity index (χ1) is 8.47. The molecule has 0 heterocycles. The van der Waals surface area contributed by atoms with E-state index >= 15 is 0 Å². The first-order valence-electron chi connectivity index (χ1n) is 5.80. The van der Waals surface area contributed by atoms with E-state index < -0.39 is 16.0 Å². The normalized spacial score (nSPS) is 11.5. The Hall–Kier alpha value is -0.920. The lowest BCUT2D eigenvalue weighted by atomic mass is 10.5. The van der Waals surface area contributed by atoms with Crippen molar-refractivity contribution in [2.75, 3.05) is 38.7 Å². The molecule has 0 aromatic carbocycles. The average Bonchev–Trinajstić information content (AvgIpc) is 2.29. The van der Waals surface area contributed by atoms with Gasteiger partial charge >= 0.3 is 5.97 Å². The molecule has 7 heteroatoms. The largest absolute Gasteiger partial charge is 0.465 e. The van der Waals surface area contributed by atoms with Gasteiger partial charge < -0.3 is 9.47 Å². The molecule has 18 heavy (non-hydrogen) atoms. The minimum atomic E-state index is -3.53. The molecule has 0 radical (unpaired) electrons. The summed E-state index contributed by atoms with van der Waals surface area (Å²) in [7, 11) is -3.53. The number of nitrogens with zero attached hydrogens (tertiary/aromatic N) is 1. The van der Waals surface area contributed by atoms with E-state index in [1.807, 2.05) is 0 Å². The van der Waals surface area contributed by atoms with E-state index in [1.165, 1.54) is 6.08 Å². The molecule has 0 saturated carbocycles. The van der Waals surface area contributed by atoms with Crippen LogP contribution < -0.4 is 0 Å². The second-order valence-electron chi connectivity index (χ2n) is 3.40. The quantitative estimate of drug-likeness (QED) is 0.329. The van der Waals surface area contributed by atoms with Gasteiger partial charge in [0, 0.05) is 13.2 Å². The molecular weight excluding hydrogens is 258 g/mol. The highest BCUT2D eigenvalue weighted by molar-refractivity contribution is 7.89. The third-order valence-corrected chi connectivity index (χ3v) is 3.77. The molecule has 0 aliphatic carbocycles. The fraction of sp³-hybridized carbons (Fsp3) is 0.727. The van der Waals surface area contributed by atoms with Crippen LogP contribution in [-0.2, 0) is 24.3 Å². The van der Waals surface area contributed by atoms with Crippen LogP contribution in [0, 0.1) is 0 Å². The Balaban J connectivity index is 4.55. The summed E-state index contributed by atoms with van der Waals surface area (Å²) >= 11 is 0. The Bertz CT molecular complexity index is 352. The molecule has 0 aliphatic heterocycles. The van der Waals surface area contributed by atoms with Crippen LogP contribution in [0.4, 0.5) is 0 Å². The van der Waals surface area contributed by atoms with E-state index in [0.29, 0.717) is 6.61 Å². The molecule has 106 valence electrons. The minimum absolute atomic E-state index is 0.0767. The van der Waals surface area contributed by atoms with E-state index in [-0.39, 0.29) is 32.1 Å². The van der Waals surface area contributed by atoms with Crippen molar-refractivity contribution < 1.29 is 22.7 Å². The second-order valence-corrected chi connectivity index (χ2v) is 5.49. The number of ether oxygens (including phenoxy) is 2. The van der Waals surface area contributed by atoms with Gasteiger partial charge in [-0.2, -0.15) is 4.31 Å². The summed E-state index contributed by atoms with van der Waals surface area (Å²) in [6, 6.07) is 0. The summed E-state index contributed by atoms with van der Waals surface area (Å²) in [5, 5.41) is 0. The van der Waals surface area contributed by atoms with E-state index in [9.17, 15) is 13.2 Å². The predicted octanol–water partition coefficient (Wildman–Crippen LogP) is 0.404. The van der Waals surface area contributed by atoms with Gasteiger partial charge in [-0.3, -0.25) is 4.79 Å². The van der Waals surface area contributed by atoms with Crippen LogP contribution in [0.15, 0.2) is 12.7 Å². The van der Waals surface area contributed by atoms with E-state index in [1.54, 1.807) is 13.8 Å². The van der Waals surface area contributed by atoms with Crippen LogP contribution in [0.3, 0.4) is 0 Å². The van der Waals surface area contributed by atoms with Crippen molar-refractivity contribution in [2.24, 2.45) is 0 Å². The molecule has 0 rings (SSSR count). The zero-order valence-corrected chi connectivity index (χ0v) is 11.7. The van der Waals surface area contributed by atoms with Gasteiger partial charge in [0.15, 0.2) is 0 Å². The van der Waals surface area contributed by atoms with Gasteiger partial charge in [-0.1, -0.05) is 6.08 Å².